The molecule has 0 radical (unpaired) electrons. The summed E-state index contributed by atoms with van der Waals surface area (Å²) in [5, 5.41) is 2.97. The van der Waals surface area contributed by atoms with E-state index >= 15 is 0 Å². The Labute approximate surface area is 137 Å². The molecule has 0 aliphatic heterocycles. The molecule has 23 heavy (non-hydrogen) atoms. The number of pyridine rings is 1. The predicted octanol–water partition coefficient (Wildman–Crippen LogP) is 4.44. The normalized spacial score (nSPS) is 12.7. The first kappa shape index (κ1) is 17.1. The molecule has 0 saturated heterocycles. The maximum Gasteiger partial charge on any atom is 0.255 e. The Morgan fingerprint density at radius 2 is 2.00 bits per heavy atom. The Kier molecular flexibility index (Phi) is 5.14. The molecule has 1 aromatic carbocycles. The van der Waals surface area contributed by atoms with Crippen molar-refractivity contribution >= 4 is 5.91 Å². The maximum absolute atomic E-state index is 14.0. The molecule has 0 saturated carbocycles. The minimum Gasteiger partial charge on any atom is -0.345 e. The highest BCUT2D eigenvalue weighted by atomic mass is 19.1. The van der Waals surface area contributed by atoms with Crippen LogP contribution in [0, 0.1) is 18.2 Å². The molecule has 2 rings (SSSR count). The summed E-state index contributed by atoms with van der Waals surface area (Å²) in [6.45, 7) is 8.06. The average molecular weight is 314 g/mol. The van der Waals surface area contributed by atoms with Crippen LogP contribution in [0.4, 0.5) is 4.39 Å². The lowest BCUT2D eigenvalue weighted by Gasteiger charge is -2.27. The van der Waals surface area contributed by atoms with Gasteiger partial charge in [-0.15, -0.1) is 0 Å². The number of aromatic nitrogens is 1. The molecular formula is C19H23FN2O. The molecule has 0 aliphatic rings. The van der Waals surface area contributed by atoms with Crippen LogP contribution in [-0.2, 0) is 0 Å². The Morgan fingerprint density at radius 1 is 1.26 bits per heavy atom. The van der Waals surface area contributed by atoms with E-state index in [1.165, 1.54) is 6.07 Å². The molecule has 4 heteroatoms. The summed E-state index contributed by atoms with van der Waals surface area (Å²) in [6.07, 6.45) is 4.17. The number of hydrogen-bond donors (Lipinski definition) is 1. The molecular weight excluding hydrogens is 291 g/mol. The van der Waals surface area contributed by atoms with Gasteiger partial charge in [-0.25, -0.2) is 4.39 Å². The van der Waals surface area contributed by atoms with E-state index in [4.69, 9.17) is 0 Å². The number of aryl methyl sites for hydroxylation is 1. The molecule has 3 nitrogen and oxygen atoms in total. The van der Waals surface area contributed by atoms with Crippen LogP contribution < -0.4 is 5.32 Å². The van der Waals surface area contributed by atoms with Crippen LogP contribution in [0.3, 0.4) is 0 Å². The van der Waals surface area contributed by atoms with Crippen molar-refractivity contribution in [1.29, 1.82) is 0 Å². The van der Waals surface area contributed by atoms with Gasteiger partial charge in [0.05, 0.1) is 11.6 Å². The molecule has 0 fully saturated rings. The van der Waals surface area contributed by atoms with Crippen molar-refractivity contribution in [2.75, 3.05) is 0 Å². The lowest BCUT2D eigenvalue weighted by Crippen LogP contribution is -2.32. The van der Waals surface area contributed by atoms with E-state index in [1.54, 1.807) is 31.5 Å². The molecule has 0 aliphatic carbocycles. The van der Waals surface area contributed by atoms with Gasteiger partial charge in [0.2, 0.25) is 0 Å². The standard InChI is InChI=1S/C19H23FN2O/c1-13-7-5-9-15(20)17(13)18(23)22-16(11-19(2,3)4)14-8-6-10-21-12-14/h5-10,12,16H,11H2,1-4H3,(H,22,23)/t16-/m0/s1. The predicted molar refractivity (Wildman–Crippen MR) is 89.7 cm³/mol. The summed E-state index contributed by atoms with van der Waals surface area (Å²) in [7, 11) is 0. The fourth-order valence-electron chi connectivity index (χ4n) is 2.60. The number of rotatable bonds is 4. The number of halogens is 1. The monoisotopic (exact) mass is 314 g/mol. The summed E-state index contributed by atoms with van der Waals surface area (Å²) < 4.78 is 14.0. The number of hydrogen-bond acceptors (Lipinski definition) is 2. The van der Waals surface area contributed by atoms with E-state index in [1.807, 2.05) is 12.1 Å². The summed E-state index contributed by atoms with van der Waals surface area (Å²) in [4.78, 5) is 16.7. The smallest absolute Gasteiger partial charge is 0.255 e. The van der Waals surface area contributed by atoms with E-state index in [-0.39, 0.29) is 17.0 Å². The van der Waals surface area contributed by atoms with E-state index in [0.717, 1.165) is 12.0 Å². The molecule has 1 N–H and O–H groups in total. The summed E-state index contributed by atoms with van der Waals surface area (Å²) in [5.74, 6) is -0.887. The molecule has 2 aromatic rings. The van der Waals surface area contributed by atoms with Crippen molar-refractivity contribution < 1.29 is 9.18 Å². The van der Waals surface area contributed by atoms with Gasteiger partial charge < -0.3 is 5.32 Å². The third-order valence-corrected chi connectivity index (χ3v) is 3.66. The van der Waals surface area contributed by atoms with E-state index in [2.05, 4.69) is 31.1 Å². The Bertz CT molecular complexity index is 657. The van der Waals surface area contributed by atoms with Crippen molar-refractivity contribution in [3.8, 4) is 0 Å². The van der Waals surface area contributed by atoms with Crippen molar-refractivity contribution in [3.05, 3.63) is 65.2 Å². The van der Waals surface area contributed by atoms with Gasteiger partial charge in [0, 0.05) is 12.4 Å². The van der Waals surface area contributed by atoms with E-state index < -0.39 is 11.7 Å². The lowest BCUT2D eigenvalue weighted by molar-refractivity contribution is 0.0921. The third-order valence-electron chi connectivity index (χ3n) is 3.66. The summed E-state index contributed by atoms with van der Waals surface area (Å²) in [6, 6.07) is 8.21. The number of carbonyl (C=O) groups is 1. The molecule has 1 aromatic heterocycles. The van der Waals surface area contributed by atoms with E-state index in [9.17, 15) is 9.18 Å². The van der Waals surface area contributed by atoms with Gasteiger partial charge in [-0.1, -0.05) is 39.0 Å². The zero-order valence-corrected chi connectivity index (χ0v) is 14.1. The minimum atomic E-state index is -0.497. The van der Waals surface area contributed by atoms with E-state index in [0.29, 0.717) is 5.56 Å². The fraction of sp³-hybridized carbons (Fsp3) is 0.368. The number of carbonyl (C=O) groups excluding carboxylic acids is 1. The maximum atomic E-state index is 14.0. The van der Waals surface area contributed by atoms with Crippen LogP contribution in [0.2, 0.25) is 0 Å². The Hall–Kier alpha value is -2.23. The van der Waals surface area contributed by atoms with Crippen molar-refractivity contribution in [2.45, 2.75) is 40.2 Å². The molecule has 0 bridgehead atoms. The van der Waals surface area contributed by atoms with Gasteiger partial charge in [0.15, 0.2) is 0 Å². The van der Waals surface area contributed by atoms with Crippen LogP contribution in [0.5, 0.6) is 0 Å². The van der Waals surface area contributed by atoms with Crippen LogP contribution in [-0.4, -0.2) is 10.9 Å². The molecule has 0 unspecified atom stereocenters. The fourth-order valence-corrected chi connectivity index (χ4v) is 2.60. The van der Waals surface area contributed by atoms with Gasteiger partial charge in [-0.05, 0) is 42.0 Å². The highest BCUT2D eigenvalue weighted by molar-refractivity contribution is 5.96. The number of amides is 1. The number of benzene rings is 1. The number of nitrogens with one attached hydrogen (secondary N) is 1. The molecule has 1 amide bonds. The average Bonchev–Trinajstić information content (AvgIpc) is 2.46. The largest absolute Gasteiger partial charge is 0.345 e. The zero-order chi connectivity index (χ0) is 17.0. The molecule has 122 valence electrons. The van der Waals surface area contributed by atoms with Gasteiger partial charge in [0.1, 0.15) is 5.82 Å². The first-order valence-corrected chi connectivity index (χ1v) is 7.74. The van der Waals surface area contributed by atoms with Crippen molar-refractivity contribution in [1.82, 2.24) is 10.3 Å². The lowest BCUT2D eigenvalue weighted by atomic mass is 9.85. The minimum absolute atomic E-state index is 0.0120. The SMILES string of the molecule is Cc1cccc(F)c1C(=O)N[C@@H](CC(C)(C)C)c1cccnc1. The van der Waals surface area contributed by atoms with Crippen molar-refractivity contribution in [2.24, 2.45) is 5.41 Å². The van der Waals surface area contributed by atoms with Gasteiger partial charge >= 0.3 is 0 Å². The topological polar surface area (TPSA) is 42.0 Å². The highest BCUT2D eigenvalue weighted by Crippen LogP contribution is 2.29. The highest BCUT2D eigenvalue weighted by Gasteiger charge is 2.24. The zero-order valence-electron chi connectivity index (χ0n) is 14.1. The van der Waals surface area contributed by atoms with Gasteiger partial charge in [0.25, 0.3) is 5.91 Å². The second-order valence-corrected chi connectivity index (χ2v) is 7.01. The molecule has 1 atom stereocenters. The first-order chi connectivity index (χ1) is 10.8. The van der Waals surface area contributed by atoms with Crippen LogP contribution in [0.25, 0.3) is 0 Å². The Balaban J connectivity index is 2.29. The number of nitrogens with zero attached hydrogens (tertiary/aromatic N) is 1. The summed E-state index contributed by atoms with van der Waals surface area (Å²) >= 11 is 0. The quantitative estimate of drug-likeness (QED) is 0.906. The third kappa shape index (κ3) is 4.62. The first-order valence-electron chi connectivity index (χ1n) is 7.74. The van der Waals surface area contributed by atoms with Crippen LogP contribution in [0.15, 0.2) is 42.7 Å². The molecule has 1 heterocycles. The van der Waals surface area contributed by atoms with Gasteiger partial charge in [-0.2, -0.15) is 0 Å². The Morgan fingerprint density at radius 3 is 2.57 bits per heavy atom. The molecule has 0 spiro atoms. The summed E-state index contributed by atoms with van der Waals surface area (Å²) in [5.41, 5.74) is 1.67. The van der Waals surface area contributed by atoms with Crippen LogP contribution in [0.1, 0.15) is 54.7 Å². The van der Waals surface area contributed by atoms with Crippen LogP contribution >= 0.6 is 0 Å². The second kappa shape index (κ2) is 6.90. The second-order valence-electron chi connectivity index (χ2n) is 7.01. The van der Waals surface area contributed by atoms with Crippen molar-refractivity contribution in [3.63, 3.8) is 0 Å². The van der Waals surface area contributed by atoms with Gasteiger partial charge in [-0.3, -0.25) is 9.78 Å².